The molecule has 1 unspecified atom stereocenters. The molecule has 1 aliphatic heterocycles. The van der Waals surface area contributed by atoms with E-state index >= 15 is 0 Å². The smallest absolute Gasteiger partial charge is 0.322 e. The van der Waals surface area contributed by atoms with Crippen LogP contribution in [0.5, 0.6) is 5.75 Å². The van der Waals surface area contributed by atoms with Gasteiger partial charge < -0.3 is 10.1 Å². The maximum atomic E-state index is 12.5. The Morgan fingerprint density at radius 1 is 1.22 bits per heavy atom. The molecule has 1 atom stereocenters. The number of hydrogen-bond acceptors (Lipinski definition) is 5. The lowest BCUT2D eigenvalue weighted by atomic mass is 10.1. The van der Waals surface area contributed by atoms with E-state index in [1.54, 1.807) is 26.0 Å². The Labute approximate surface area is 134 Å². The van der Waals surface area contributed by atoms with E-state index in [4.69, 9.17) is 4.74 Å². The van der Waals surface area contributed by atoms with Gasteiger partial charge in [-0.1, -0.05) is 0 Å². The number of sulfonamides is 1. The fourth-order valence-electron chi connectivity index (χ4n) is 2.52. The summed E-state index contributed by atoms with van der Waals surface area (Å²) in [5.41, 5.74) is 1.14. The Morgan fingerprint density at radius 2 is 1.83 bits per heavy atom. The van der Waals surface area contributed by atoms with Crippen LogP contribution < -0.4 is 20.1 Å². The third-order valence-electron chi connectivity index (χ3n) is 3.52. The van der Waals surface area contributed by atoms with Gasteiger partial charge in [-0.2, -0.15) is 0 Å². The first-order valence-corrected chi connectivity index (χ1v) is 8.49. The van der Waals surface area contributed by atoms with Gasteiger partial charge in [-0.3, -0.25) is 10.1 Å². The number of carbonyl (C=O) groups excluding carboxylic acids is 2. The lowest BCUT2D eigenvalue weighted by Crippen LogP contribution is -2.35. The van der Waals surface area contributed by atoms with Gasteiger partial charge in [0, 0.05) is 6.54 Å². The van der Waals surface area contributed by atoms with Crippen LogP contribution in [-0.4, -0.2) is 40.1 Å². The second-order valence-corrected chi connectivity index (χ2v) is 7.00. The maximum absolute atomic E-state index is 12.5. The minimum Gasteiger partial charge on any atom is -0.497 e. The van der Waals surface area contributed by atoms with Crippen molar-refractivity contribution in [3.8, 4) is 5.75 Å². The normalized spacial score (nSPS) is 17.8. The fraction of sp³-hybridized carbons (Fsp3) is 0.429. The minimum absolute atomic E-state index is 0.0333. The molecule has 9 heteroatoms. The summed E-state index contributed by atoms with van der Waals surface area (Å²) in [6.45, 7) is 3.41. The van der Waals surface area contributed by atoms with Crippen molar-refractivity contribution in [2.24, 2.45) is 0 Å². The molecule has 8 nitrogen and oxygen atoms in total. The van der Waals surface area contributed by atoms with E-state index in [0.29, 0.717) is 16.9 Å². The van der Waals surface area contributed by atoms with E-state index in [1.807, 2.05) is 0 Å². The minimum atomic E-state index is -3.72. The molecule has 1 saturated heterocycles. The van der Waals surface area contributed by atoms with E-state index in [1.165, 1.54) is 7.11 Å². The monoisotopic (exact) mass is 341 g/mol. The van der Waals surface area contributed by atoms with Crippen molar-refractivity contribution in [1.82, 2.24) is 15.4 Å². The standard InChI is InChI=1S/C14H19N3O5S/c1-8-6-10(22-3)7-9(2)12(8)23(20,21)15-5-4-11-13(18)17-14(19)16-11/h6-7,11,15H,4-5H2,1-3H3,(H2,16,17,18,19). The Balaban J connectivity index is 2.08. The summed E-state index contributed by atoms with van der Waals surface area (Å²) in [4.78, 5) is 22.6. The lowest BCUT2D eigenvalue weighted by Gasteiger charge is -2.14. The zero-order valence-electron chi connectivity index (χ0n) is 13.1. The Kier molecular flexibility index (Phi) is 4.90. The number of hydrogen-bond donors (Lipinski definition) is 3. The second kappa shape index (κ2) is 6.55. The highest BCUT2D eigenvalue weighted by molar-refractivity contribution is 7.89. The van der Waals surface area contributed by atoms with Gasteiger partial charge in [0.2, 0.25) is 10.0 Å². The maximum Gasteiger partial charge on any atom is 0.322 e. The Bertz CT molecular complexity index is 722. The van der Waals surface area contributed by atoms with Gasteiger partial charge in [-0.25, -0.2) is 17.9 Å². The summed E-state index contributed by atoms with van der Waals surface area (Å²) in [5, 5.41) is 4.51. The quantitative estimate of drug-likeness (QED) is 0.639. The van der Waals surface area contributed by atoms with Crippen molar-refractivity contribution >= 4 is 22.0 Å². The highest BCUT2D eigenvalue weighted by atomic mass is 32.2. The third-order valence-corrected chi connectivity index (χ3v) is 5.29. The molecule has 2 rings (SSSR count). The lowest BCUT2D eigenvalue weighted by molar-refractivity contribution is -0.120. The van der Waals surface area contributed by atoms with Gasteiger partial charge in [0.15, 0.2) is 0 Å². The number of aryl methyl sites for hydroxylation is 2. The zero-order valence-corrected chi connectivity index (χ0v) is 13.9. The first-order valence-electron chi connectivity index (χ1n) is 7.01. The van der Waals surface area contributed by atoms with Crippen LogP contribution in [-0.2, 0) is 14.8 Å². The molecule has 3 amide bonds. The van der Waals surface area contributed by atoms with E-state index in [9.17, 15) is 18.0 Å². The highest BCUT2D eigenvalue weighted by Crippen LogP contribution is 2.25. The molecule has 0 radical (unpaired) electrons. The first kappa shape index (κ1) is 17.2. The zero-order chi connectivity index (χ0) is 17.2. The molecule has 1 aromatic rings. The van der Waals surface area contributed by atoms with Gasteiger partial charge in [0.1, 0.15) is 11.8 Å². The van der Waals surface area contributed by atoms with Crippen LogP contribution in [0.25, 0.3) is 0 Å². The van der Waals surface area contributed by atoms with Crippen molar-refractivity contribution < 1.29 is 22.7 Å². The van der Waals surface area contributed by atoms with E-state index < -0.39 is 28.0 Å². The van der Waals surface area contributed by atoms with E-state index in [0.717, 1.165) is 0 Å². The third kappa shape index (κ3) is 3.80. The average Bonchev–Trinajstić information content (AvgIpc) is 2.75. The number of urea groups is 1. The van der Waals surface area contributed by atoms with E-state index in [-0.39, 0.29) is 17.9 Å². The predicted molar refractivity (Wildman–Crippen MR) is 82.7 cm³/mol. The van der Waals surface area contributed by atoms with Gasteiger partial charge >= 0.3 is 6.03 Å². The van der Waals surface area contributed by atoms with Crippen LogP contribution in [0.2, 0.25) is 0 Å². The number of rotatable bonds is 6. The predicted octanol–water partition coefficient (Wildman–Crippen LogP) is 0.188. The molecule has 23 heavy (non-hydrogen) atoms. The van der Waals surface area contributed by atoms with Crippen molar-refractivity contribution in [2.75, 3.05) is 13.7 Å². The summed E-state index contributed by atoms with van der Waals surface area (Å²) < 4.78 is 32.5. The number of methoxy groups -OCH3 is 1. The van der Waals surface area contributed by atoms with Gasteiger partial charge in [-0.15, -0.1) is 0 Å². The topological polar surface area (TPSA) is 114 Å². The molecule has 0 bridgehead atoms. The summed E-state index contributed by atoms with van der Waals surface area (Å²) in [5.74, 6) is 0.135. The molecule has 126 valence electrons. The fourth-order valence-corrected chi connectivity index (χ4v) is 4.02. The Hall–Kier alpha value is -2.13. The van der Waals surface area contributed by atoms with Crippen LogP contribution in [0.3, 0.4) is 0 Å². The molecule has 0 saturated carbocycles. The van der Waals surface area contributed by atoms with Crippen LogP contribution in [0, 0.1) is 13.8 Å². The van der Waals surface area contributed by atoms with Crippen LogP contribution in [0.4, 0.5) is 4.79 Å². The number of nitrogens with one attached hydrogen (secondary N) is 3. The van der Waals surface area contributed by atoms with Crippen LogP contribution in [0.15, 0.2) is 17.0 Å². The largest absolute Gasteiger partial charge is 0.497 e. The van der Waals surface area contributed by atoms with Crippen LogP contribution >= 0.6 is 0 Å². The first-order chi connectivity index (χ1) is 10.7. The summed E-state index contributed by atoms with van der Waals surface area (Å²) in [7, 11) is -2.20. The number of ether oxygens (including phenoxy) is 1. The van der Waals surface area contributed by atoms with Gasteiger partial charge in [0.05, 0.1) is 12.0 Å². The molecule has 1 aliphatic rings. The highest BCUT2D eigenvalue weighted by Gasteiger charge is 2.29. The Morgan fingerprint density at radius 3 is 2.30 bits per heavy atom. The van der Waals surface area contributed by atoms with Crippen molar-refractivity contribution in [1.29, 1.82) is 0 Å². The number of benzene rings is 1. The summed E-state index contributed by atoms with van der Waals surface area (Å²) >= 11 is 0. The molecular weight excluding hydrogens is 322 g/mol. The number of carbonyl (C=O) groups is 2. The van der Waals surface area contributed by atoms with Crippen molar-refractivity contribution in [3.05, 3.63) is 23.3 Å². The average molecular weight is 341 g/mol. The number of amides is 3. The van der Waals surface area contributed by atoms with Crippen LogP contribution in [0.1, 0.15) is 17.5 Å². The van der Waals surface area contributed by atoms with E-state index in [2.05, 4.69) is 15.4 Å². The van der Waals surface area contributed by atoms with Crippen molar-refractivity contribution in [3.63, 3.8) is 0 Å². The molecule has 1 heterocycles. The molecular formula is C14H19N3O5S. The molecule has 0 aromatic heterocycles. The molecule has 0 spiro atoms. The summed E-state index contributed by atoms with van der Waals surface area (Å²) in [6, 6.07) is 2.01. The molecule has 0 aliphatic carbocycles. The SMILES string of the molecule is COc1cc(C)c(S(=O)(=O)NCCC2NC(=O)NC2=O)c(C)c1. The van der Waals surface area contributed by atoms with Gasteiger partial charge in [0.25, 0.3) is 5.91 Å². The summed E-state index contributed by atoms with van der Waals surface area (Å²) in [6.07, 6.45) is 0.172. The molecule has 1 aromatic carbocycles. The van der Waals surface area contributed by atoms with Crippen molar-refractivity contribution in [2.45, 2.75) is 31.2 Å². The molecule has 3 N–H and O–H groups in total. The van der Waals surface area contributed by atoms with Gasteiger partial charge in [-0.05, 0) is 43.5 Å². The second-order valence-electron chi connectivity index (χ2n) is 5.29. The molecule has 1 fully saturated rings. The number of imide groups is 1.